The monoisotopic (exact) mass is 213 g/mol. The molecule has 80 valence electrons. The lowest BCUT2D eigenvalue weighted by molar-refractivity contribution is 0.841. The van der Waals surface area contributed by atoms with E-state index in [2.05, 4.69) is 20.1 Å². The summed E-state index contributed by atoms with van der Waals surface area (Å²) in [6.45, 7) is 3.88. The molecule has 3 aromatic rings. The molecule has 0 amide bonds. The Morgan fingerprint density at radius 1 is 1.25 bits per heavy atom. The average molecular weight is 213 g/mol. The quantitative estimate of drug-likeness (QED) is 0.670. The molecule has 0 atom stereocenters. The molecule has 3 aromatic heterocycles. The smallest absolute Gasteiger partial charge is 0.166 e. The molecule has 0 spiro atoms. The van der Waals surface area contributed by atoms with Crippen LogP contribution in [0.25, 0.3) is 16.9 Å². The molecule has 0 aliphatic rings. The van der Waals surface area contributed by atoms with Gasteiger partial charge in [0.15, 0.2) is 5.82 Å². The van der Waals surface area contributed by atoms with Crippen LogP contribution in [0.4, 0.5) is 0 Å². The number of hydrogen-bond donors (Lipinski definition) is 1. The van der Waals surface area contributed by atoms with E-state index >= 15 is 0 Å². The van der Waals surface area contributed by atoms with Crippen molar-refractivity contribution in [1.82, 2.24) is 24.7 Å². The Morgan fingerprint density at radius 2 is 2.12 bits per heavy atom. The van der Waals surface area contributed by atoms with Gasteiger partial charge in [-0.15, -0.1) is 0 Å². The lowest BCUT2D eigenvalue weighted by Crippen LogP contribution is -2.01. The summed E-state index contributed by atoms with van der Waals surface area (Å²) in [5.74, 6) is 1.55. The molecule has 5 nitrogen and oxygen atoms in total. The summed E-state index contributed by atoms with van der Waals surface area (Å²) in [7, 11) is 0. The van der Waals surface area contributed by atoms with Crippen molar-refractivity contribution in [1.29, 1.82) is 0 Å². The van der Waals surface area contributed by atoms with Crippen molar-refractivity contribution in [3.63, 3.8) is 0 Å². The highest BCUT2D eigenvalue weighted by Crippen LogP contribution is 2.19. The number of nitrogens with zero attached hydrogens (tertiary/aromatic N) is 4. The van der Waals surface area contributed by atoms with E-state index in [1.807, 2.05) is 32.2 Å². The predicted molar refractivity (Wildman–Crippen MR) is 60.5 cm³/mol. The van der Waals surface area contributed by atoms with Crippen molar-refractivity contribution in [3.8, 4) is 5.82 Å². The SMILES string of the molecule is Cc1nc(-n2cccn2)c2cc(C)[nH]c2n1. The Morgan fingerprint density at radius 3 is 2.88 bits per heavy atom. The van der Waals surface area contributed by atoms with Crippen LogP contribution in [0.5, 0.6) is 0 Å². The van der Waals surface area contributed by atoms with Gasteiger partial charge in [0.1, 0.15) is 11.5 Å². The van der Waals surface area contributed by atoms with Gasteiger partial charge in [0.25, 0.3) is 0 Å². The fourth-order valence-electron chi connectivity index (χ4n) is 1.80. The van der Waals surface area contributed by atoms with E-state index in [1.54, 1.807) is 10.9 Å². The Balaban J connectivity index is 2.38. The maximum absolute atomic E-state index is 4.43. The fraction of sp³-hybridized carbons (Fsp3) is 0.182. The second kappa shape index (κ2) is 3.16. The van der Waals surface area contributed by atoms with Gasteiger partial charge in [-0.3, -0.25) is 0 Å². The molecule has 0 radical (unpaired) electrons. The maximum Gasteiger partial charge on any atom is 0.166 e. The Hall–Kier alpha value is -2.17. The van der Waals surface area contributed by atoms with E-state index in [-0.39, 0.29) is 0 Å². The van der Waals surface area contributed by atoms with Crippen LogP contribution in [0.1, 0.15) is 11.5 Å². The summed E-state index contributed by atoms with van der Waals surface area (Å²) in [6.07, 6.45) is 3.62. The third-order valence-corrected chi connectivity index (χ3v) is 2.44. The van der Waals surface area contributed by atoms with Crippen LogP contribution in [0.2, 0.25) is 0 Å². The predicted octanol–water partition coefficient (Wildman–Crippen LogP) is 1.76. The Bertz CT molecular complexity index is 636. The van der Waals surface area contributed by atoms with Crippen LogP contribution in [0.3, 0.4) is 0 Å². The van der Waals surface area contributed by atoms with E-state index < -0.39 is 0 Å². The molecule has 0 saturated carbocycles. The van der Waals surface area contributed by atoms with Crippen LogP contribution in [0, 0.1) is 13.8 Å². The maximum atomic E-state index is 4.43. The number of hydrogen-bond acceptors (Lipinski definition) is 3. The summed E-state index contributed by atoms with van der Waals surface area (Å²) >= 11 is 0. The number of fused-ring (bicyclic) bond motifs is 1. The molecular weight excluding hydrogens is 202 g/mol. The second-order valence-electron chi connectivity index (χ2n) is 3.76. The van der Waals surface area contributed by atoms with Gasteiger partial charge >= 0.3 is 0 Å². The minimum absolute atomic E-state index is 0.736. The zero-order valence-corrected chi connectivity index (χ0v) is 9.10. The Labute approximate surface area is 92.2 Å². The van der Waals surface area contributed by atoms with E-state index in [0.29, 0.717) is 0 Å². The highest BCUT2D eigenvalue weighted by Gasteiger charge is 2.09. The molecule has 0 unspecified atom stereocenters. The van der Waals surface area contributed by atoms with Gasteiger partial charge in [-0.2, -0.15) is 5.10 Å². The molecule has 5 heteroatoms. The molecule has 3 rings (SSSR count). The van der Waals surface area contributed by atoms with Crippen LogP contribution >= 0.6 is 0 Å². The summed E-state index contributed by atoms with van der Waals surface area (Å²) < 4.78 is 1.75. The molecular formula is C11H11N5. The molecule has 1 N–H and O–H groups in total. The first kappa shape index (κ1) is 9.08. The number of nitrogens with one attached hydrogen (secondary N) is 1. The van der Waals surface area contributed by atoms with Gasteiger partial charge in [-0.05, 0) is 26.0 Å². The summed E-state index contributed by atoms with van der Waals surface area (Å²) in [6, 6.07) is 3.91. The van der Waals surface area contributed by atoms with Crippen LogP contribution in [-0.2, 0) is 0 Å². The number of aromatic amines is 1. The van der Waals surface area contributed by atoms with Crippen molar-refractivity contribution in [2.45, 2.75) is 13.8 Å². The minimum atomic E-state index is 0.736. The minimum Gasteiger partial charge on any atom is -0.343 e. The van der Waals surface area contributed by atoms with E-state index in [4.69, 9.17) is 0 Å². The highest BCUT2D eigenvalue weighted by atomic mass is 15.3. The molecule has 0 aliphatic heterocycles. The lowest BCUT2D eigenvalue weighted by atomic mass is 10.3. The standard InChI is InChI=1S/C11H11N5/c1-7-6-9-10(13-7)14-8(2)15-11(9)16-5-3-4-12-16/h3-6H,1-2H3,(H,13,14,15). The number of aromatic nitrogens is 5. The van der Waals surface area contributed by atoms with Crippen LogP contribution in [0.15, 0.2) is 24.5 Å². The van der Waals surface area contributed by atoms with Crippen molar-refractivity contribution in [2.24, 2.45) is 0 Å². The number of H-pyrrole nitrogens is 1. The topological polar surface area (TPSA) is 59.4 Å². The van der Waals surface area contributed by atoms with Crippen molar-refractivity contribution in [2.75, 3.05) is 0 Å². The van der Waals surface area contributed by atoms with E-state index in [1.165, 1.54) is 0 Å². The first-order valence-corrected chi connectivity index (χ1v) is 5.08. The summed E-state index contributed by atoms with van der Waals surface area (Å²) in [5, 5.41) is 5.19. The van der Waals surface area contributed by atoms with Gasteiger partial charge in [-0.25, -0.2) is 14.6 Å². The average Bonchev–Trinajstić information content (AvgIpc) is 2.83. The molecule has 16 heavy (non-hydrogen) atoms. The van der Waals surface area contributed by atoms with Crippen molar-refractivity contribution >= 4 is 11.0 Å². The van der Waals surface area contributed by atoms with Crippen molar-refractivity contribution in [3.05, 3.63) is 36.0 Å². The lowest BCUT2D eigenvalue weighted by Gasteiger charge is -2.02. The van der Waals surface area contributed by atoms with Crippen LogP contribution < -0.4 is 0 Å². The van der Waals surface area contributed by atoms with Crippen molar-refractivity contribution < 1.29 is 0 Å². The second-order valence-corrected chi connectivity index (χ2v) is 3.76. The Kier molecular flexibility index (Phi) is 1.80. The molecule has 3 heterocycles. The van der Waals surface area contributed by atoms with Gasteiger partial charge in [0, 0.05) is 18.1 Å². The zero-order valence-electron chi connectivity index (χ0n) is 9.10. The zero-order chi connectivity index (χ0) is 11.1. The van der Waals surface area contributed by atoms with Gasteiger partial charge in [0.2, 0.25) is 0 Å². The normalized spacial score (nSPS) is 11.1. The van der Waals surface area contributed by atoms with Crippen LogP contribution in [-0.4, -0.2) is 24.7 Å². The first-order valence-electron chi connectivity index (χ1n) is 5.08. The fourth-order valence-corrected chi connectivity index (χ4v) is 1.80. The molecule has 0 aliphatic carbocycles. The summed E-state index contributed by atoms with van der Waals surface area (Å²) in [4.78, 5) is 12.0. The van der Waals surface area contributed by atoms with E-state index in [0.717, 1.165) is 28.4 Å². The molecule has 0 aromatic carbocycles. The third kappa shape index (κ3) is 1.29. The molecule has 0 saturated heterocycles. The number of rotatable bonds is 1. The molecule has 0 bridgehead atoms. The molecule has 0 fully saturated rings. The van der Waals surface area contributed by atoms with Gasteiger partial charge in [0.05, 0.1) is 5.39 Å². The van der Waals surface area contributed by atoms with Gasteiger partial charge < -0.3 is 4.98 Å². The first-order chi connectivity index (χ1) is 7.74. The number of aryl methyl sites for hydroxylation is 2. The largest absolute Gasteiger partial charge is 0.343 e. The van der Waals surface area contributed by atoms with Gasteiger partial charge in [-0.1, -0.05) is 0 Å². The summed E-state index contributed by atoms with van der Waals surface area (Å²) in [5.41, 5.74) is 1.93. The third-order valence-electron chi connectivity index (χ3n) is 2.44. The van der Waals surface area contributed by atoms with E-state index in [9.17, 15) is 0 Å². The highest BCUT2D eigenvalue weighted by molar-refractivity contribution is 5.83.